The first-order valence-electron chi connectivity index (χ1n) is 7.91. The molecule has 0 fully saturated rings. The van der Waals surface area contributed by atoms with Crippen molar-refractivity contribution in [2.45, 2.75) is 23.7 Å². The Kier molecular flexibility index (Phi) is 7.19. The molecule has 0 saturated heterocycles. The molecule has 0 spiro atoms. The van der Waals surface area contributed by atoms with Crippen molar-refractivity contribution in [3.63, 3.8) is 0 Å². The van der Waals surface area contributed by atoms with E-state index >= 15 is 0 Å². The zero-order valence-corrected chi connectivity index (χ0v) is 18.1. The van der Waals surface area contributed by atoms with Crippen LogP contribution in [0.3, 0.4) is 0 Å². The lowest BCUT2D eigenvalue weighted by atomic mass is 9.97. The number of nitrogens with one attached hydrogen (secondary N) is 2. The number of carbonyl (C=O) groups is 2. The lowest BCUT2D eigenvalue weighted by Gasteiger charge is -2.35. The van der Waals surface area contributed by atoms with Gasteiger partial charge in [-0.15, -0.1) is 0 Å². The molecule has 174 valence electrons. The predicted octanol–water partition coefficient (Wildman–Crippen LogP) is 5.12. The smallest absolute Gasteiger partial charge is 0.305 e. The Balaban J connectivity index is 2.30. The lowest BCUT2D eigenvalue weighted by molar-refractivity contribution is -0.345. The van der Waals surface area contributed by atoms with Crippen molar-refractivity contribution >= 4 is 55.3 Å². The number of nitrogens with zero attached hydrogens (tertiary/aromatic N) is 2. The number of hydrogen-bond donors (Lipinski definition) is 2. The van der Waals surface area contributed by atoms with E-state index in [-0.39, 0.29) is 8.95 Å². The first kappa shape index (κ1) is 25.9. The molecule has 2 heterocycles. The van der Waals surface area contributed by atoms with E-state index in [0.29, 0.717) is 0 Å². The number of alkyl halides is 8. The van der Waals surface area contributed by atoms with Crippen molar-refractivity contribution in [1.82, 2.24) is 9.97 Å². The summed E-state index contributed by atoms with van der Waals surface area (Å²) in [5.74, 6) is -34.4. The highest BCUT2D eigenvalue weighted by atomic mass is 79.9. The minimum Gasteiger partial charge on any atom is -0.305 e. The second kappa shape index (κ2) is 8.88. The number of aromatic nitrogens is 2. The molecule has 0 bridgehead atoms. The van der Waals surface area contributed by atoms with Gasteiger partial charge in [0.15, 0.2) is 0 Å². The summed E-state index contributed by atoms with van der Waals surface area (Å²) in [5.41, 5.74) is 0. The maximum absolute atomic E-state index is 14.0. The molecule has 0 saturated carbocycles. The molecule has 2 aromatic heterocycles. The van der Waals surface area contributed by atoms with Gasteiger partial charge in [0.1, 0.15) is 11.6 Å². The van der Waals surface area contributed by atoms with Crippen molar-refractivity contribution < 1.29 is 44.7 Å². The average molecular weight is 600 g/mol. The number of halogens is 10. The standard InChI is InChI=1S/C16H8Br2F8N4O2/c17-7-1-3-9(27-5-7)29-11(31)13(19,20)15(23,24)16(25,26)14(21,22)12(32)30-10-4-2-8(18)6-28-10/h1-6H,(H,27,29,31)(H,28,30,32). The molecule has 0 atom stereocenters. The number of pyridine rings is 2. The van der Waals surface area contributed by atoms with Gasteiger partial charge in [-0.1, -0.05) is 0 Å². The topological polar surface area (TPSA) is 84.0 Å². The van der Waals surface area contributed by atoms with Crippen molar-refractivity contribution in [1.29, 1.82) is 0 Å². The van der Waals surface area contributed by atoms with Gasteiger partial charge in [-0.2, -0.15) is 35.1 Å². The fraction of sp³-hybridized carbons (Fsp3) is 0.250. The summed E-state index contributed by atoms with van der Waals surface area (Å²) in [6.07, 6.45) is 1.88. The van der Waals surface area contributed by atoms with Crippen LogP contribution in [0, 0.1) is 0 Å². The molecule has 0 aliphatic heterocycles. The third-order valence-electron chi connectivity index (χ3n) is 3.69. The van der Waals surface area contributed by atoms with Crippen molar-refractivity contribution in [3.05, 3.63) is 45.6 Å². The molecule has 0 radical (unpaired) electrons. The Morgan fingerprint density at radius 1 is 0.656 bits per heavy atom. The van der Waals surface area contributed by atoms with E-state index in [4.69, 9.17) is 0 Å². The van der Waals surface area contributed by atoms with E-state index in [2.05, 4.69) is 41.8 Å². The van der Waals surface area contributed by atoms with Gasteiger partial charge in [0.2, 0.25) is 0 Å². The minimum absolute atomic E-state index is 0.282. The second-order valence-electron chi connectivity index (χ2n) is 5.93. The van der Waals surface area contributed by atoms with Gasteiger partial charge in [-0.05, 0) is 56.1 Å². The molecule has 0 aliphatic rings. The number of rotatable bonds is 7. The van der Waals surface area contributed by atoms with Gasteiger partial charge in [-0.3, -0.25) is 9.59 Å². The van der Waals surface area contributed by atoms with E-state index in [1.807, 2.05) is 0 Å². The maximum Gasteiger partial charge on any atom is 0.393 e. The quantitative estimate of drug-likeness (QED) is 0.433. The van der Waals surface area contributed by atoms with Crippen LogP contribution >= 0.6 is 31.9 Å². The molecular formula is C16H8Br2F8N4O2. The molecule has 16 heteroatoms. The van der Waals surface area contributed by atoms with Crippen LogP contribution in [0.4, 0.5) is 46.8 Å². The zero-order valence-electron chi connectivity index (χ0n) is 15.0. The summed E-state index contributed by atoms with van der Waals surface area (Å²) in [4.78, 5) is 29.8. The van der Waals surface area contributed by atoms with Gasteiger partial charge in [0.05, 0.1) is 0 Å². The van der Waals surface area contributed by atoms with Crippen molar-refractivity contribution in [3.8, 4) is 0 Å². The Bertz CT molecular complexity index is 923. The fourth-order valence-electron chi connectivity index (χ4n) is 1.97. The van der Waals surface area contributed by atoms with Gasteiger partial charge in [0.25, 0.3) is 0 Å². The Morgan fingerprint density at radius 2 is 0.969 bits per heavy atom. The van der Waals surface area contributed by atoms with Crippen molar-refractivity contribution in [2.75, 3.05) is 10.6 Å². The van der Waals surface area contributed by atoms with E-state index < -0.39 is 47.1 Å². The molecule has 32 heavy (non-hydrogen) atoms. The number of hydrogen-bond acceptors (Lipinski definition) is 4. The van der Waals surface area contributed by atoms with Gasteiger partial charge in [-0.25, -0.2) is 9.97 Å². The van der Waals surface area contributed by atoms with Gasteiger partial charge < -0.3 is 10.6 Å². The van der Waals surface area contributed by atoms with Crippen molar-refractivity contribution in [2.24, 2.45) is 0 Å². The minimum atomic E-state index is -7.01. The van der Waals surface area contributed by atoms with E-state index in [0.717, 1.165) is 47.3 Å². The summed E-state index contributed by atoms with van der Waals surface area (Å²) < 4.78 is 112. The molecule has 0 unspecified atom stereocenters. The molecular weight excluding hydrogens is 592 g/mol. The van der Waals surface area contributed by atoms with Crippen LogP contribution in [-0.2, 0) is 9.59 Å². The van der Waals surface area contributed by atoms with Crippen LogP contribution in [0.5, 0.6) is 0 Å². The van der Waals surface area contributed by atoms with Crippen LogP contribution in [0.15, 0.2) is 45.6 Å². The third-order valence-corrected chi connectivity index (χ3v) is 4.63. The molecule has 2 amide bonds. The highest BCUT2D eigenvalue weighted by Crippen LogP contribution is 2.53. The molecule has 0 aliphatic carbocycles. The monoisotopic (exact) mass is 598 g/mol. The zero-order chi connectivity index (χ0) is 24.5. The number of amides is 2. The first-order valence-corrected chi connectivity index (χ1v) is 9.50. The van der Waals surface area contributed by atoms with E-state index in [1.54, 1.807) is 0 Å². The fourth-order valence-corrected chi connectivity index (χ4v) is 2.44. The lowest BCUT2D eigenvalue weighted by Crippen LogP contribution is -2.67. The average Bonchev–Trinajstić information content (AvgIpc) is 2.70. The molecule has 2 N–H and O–H groups in total. The van der Waals surface area contributed by atoms with Crippen LogP contribution < -0.4 is 10.6 Å². The Labute approximate surface area is 190 Å². The first-order chi connectivity index (χ1) is 14.5. The third kappa shape index (κ3) is 4.69. The molecule has 2 aromatic rings. The summed E-state index contributed by atoms with van der Waals surface area (Å²) >= 11 is 5.80. The normalized spacial score (nSPS) is 12.9. The maximum atomic E-state index is 14.0. The predicted molar refractivity (Wildman–Crippen MR) is 101 cm³/mol. The Hall–Kier alpha value is -2.36. The highest BCUT2D eigenvalue weighted by Gasteiger charge is 2.84. The summed E-state index contributed by atoms with van der Waals surface area (Å²) in [7, 11) is 0. The van der Waals surface area contributed by atoms with Gasteiger partial charge in [0, 0.05) is 21.3 Å². The molecule has 0 aromatic carbocycles. The number of anilines is 2. The largest absolute Gasteiger partial charge is 0.393 e. The molecule has 2 rings (SSSR count). The van der Waals surface area contributed by atoms with Gasteiger partial charge >= 0.3 is 35.5 Å². The Morgan fingerprint density at radius 3 is 1.22 bits per heavy atom. The van der Waals surface area contributed by atoms with E-state index in [9.17, 15) is 44.7 Å². The number of carbonyl (C=O) groups excluding carboxylic acids is 2. The summed E-state index contributed by atoms with van der Waals surface area (Å²) in [6, 6.07) is 3.92. The van der Waals surface area contributed by atoms with E-state index in [1.165, 1.54) is 0 Å². The summed E-state index contributed by atoms with van der Waals surface area (Å²) in [6.45, 7) is 0. The van der Waals surface area contributed by atoms with Crippen LogP contribution in [0.1, 0.15) is 0 Å². The SMILES string of the molecule is O=C(Nc1ccc(Br)cn1)C(F)(F)C(F)(F)C(F)(F)C(F)(F)C(=O)Nc1ccc(Br)cn1. The summed E-state index contributed by atoms with van der Waals surface area (Å²) in [5, 5.41) is 2.24. The van der Waals surface area contributed by atoms with Crippen LogP contribution in [0.2, 0.25) is 0 Å². The highest BCUT2D eigenvalue weighted by molar-refractivity contribution is 9.10. The van der Waals surface area contributed by atoms with Crippen LogP contribution in [-0.4, -0.2) is 45.5 Å². The molecule has 6 nitrogen and oxygen atoms in total. The van der Waals surface area contributed by atoms with Crippen LogP contribution in [0.25, 0.3) is 0 Å². The second-order valence-corrected chi connectivity index (χ2v) is 7.76.